The molecule has 0 bridgehead atoms. The summed E-state index contributed by atoms with van der Waals surface area (Å²) in [6.45, 7) is 5.49. The standard InChI is InChI=1S/C19H27F3N2O/c1-4-14-9-11-15(12-10-14)7-5-6-8-16(19(20,21)22)24-13-18(2,3)17(25)23-24/h9-12,16H,4-8,13H2,1-3H3,(H,23,25)/t16-/m0/s1. The molecule has 1 aromatic carbocycles. The number of carbonyl (C=O) groups is 1. The second kappa shape index (κ2) is 7.77. The monoisotopic (exact) mass is 356 g/mol. The van der Waals surface area contributed by atoms with Crippen molar-refractivity contribution in [3.63, 3.8) is 0 Å². The molecule has 0 unspecified atom stereocenters. The lowest BCUT2D eigenvalue weighted by Crippen LogP contribution is -2.49. The zero-order valence-electron chi connectivity index (χ0n) is 15.1. The topological polar surface area (TPSA) is 32.3 Å². The maximum Gasteiger partial charge on any atom is 0.405 e. The highest BCUT2D eigenvalue weighted by molar-refractivity contribution is 5.83. The number of nitrogens with zero attached hydrogens (tertiary/aromatic N) is 1. The normalized spacial score (nSPS) is 19.0. The Bertz CT molecular complexity index is 581. The van der Waals surface area contributed by atoms with Crippen molar-refractivity contribution in [2.45, 2.75) is 65.1 Å². The molecule has 1 atom stereocenters. The first-order chi connectivity index (χ1) is 11.6. The van der Waals surface area contributed by atoms with Gasteiger partial charge in [-0.2, -0.15) is 13.2 Å². The number of amides is 1. The molecule has 1 aliphatic heterocycles. The Morgan fingerprint density at radius 1 is 1.16 bits per heavy atom. The highest BCUT2D eigenvalue weighted by atomic mass is 19.4. The second-order valence-electron chi connectivity index (χ2n) is 7.43. The maximum atomic E-state index is 13.4. The number of aryl methyl sites for hydroxylation is 2. The minimum atomic E-state index is -4.35. The number of benzene rings is 1. The van der Waals surface area contributed by atoms with E-state index >= 15 is 0 Å². The zero-order chi connectivity index (χ0) is 18.7. The molecule has 0 saturated carbocycles. The van der Waals surface area contributed by atoms with Crippen LogP contribution >= 0.6 is 0 Å². The molecule has 1 aromatic rings. The second-order valence-corrected chi connectivity index (χ2v) is 7.43. The van der Waals surface area contributed by atoms with Crippen LogP contribution < -0.4 is 5.43 Å². The van der Waals surface area contributed by atoms with Crippen molar-refractivity contribution < 1.29 is 18.0 Å². The van der Waals surface area contributed by atoms with Gasteiger partial charge in [0.15, 0.2) is 0 Å². The van der Waals surface area contributed by atoms with Crippen molar-refractivity contribution in [2.24, 2.45) is 5.41 Å². The van der Waals surface area contributed by atoms with Gasteiger partial charge >= 0.3 is 6.18 Å². The summed E-state index contributed by atoms with van der Waals surface area (Å²) in [5.74, 6) is -0.349. The Labute approximate surface area is 147 Å². The van der Waals surface area contributed by atoms with E-state index in [1.807, 2.05) is 12.1 Å². The van der Waals surface area contributed by atoms with Crippen molar-refractivity contribution in [1.82, 2.24) is 10.4 Å². The number of hydrazine groups is 1. The highest BCUT2D eigenvalue weighted by Gasteiger charge is 2.49. The first-order valence-corrected chi connectivity index (χ1v) is 8.86. The van der Waals surface area contributed by atoms with Gasteiger partial charge in [-0.05, 0) is 50.7 Å². The van der Waals surface area contributed by atoms with E-state index in [-0.39, 0.29) is 18.9 Å². The van der Waals surface area contributed by atoms with E-state index in [0.29, 0.717) is 12.8 Å². The van der Waals surface area contributed by atoms with Crippen molar-refractivity contribution in [3.05, 3.63) is 35.4 Å². The molecule has 0 spiro atoms. The van der Waals surface area contributed by atoms with Gasteiger partial charge in [0, 0.05) is 6.54 Å². The van der Waals surface area contributed by atoms with Crippen LogP contribution in [0.4, 0.5) is 13.2 Å². The largest absolute Gasteiger partial charge is 0.405 e. The highest BCUT2D eigenvalue weighted by Crippen LogP contribution is 2.33. The lowest BCUT2D eigenvalue weighted by molar-refractivity contribution is -0.190. The van der Waals surface area contributed by atoms with Crippen LogP contribution in [0.15, 0.2) is 24.3 Å². The minimum Gasteiger partial charge on any atom is -0.288 e. The van der Waals surface area contributed by atoms with E-state index in [1.54, 1.807) is 13.8 Å². The molecule has 0 radical (unpaired) electrons. The predicted molar refractivity (Wildman–Crippen MR) is 91.8 cm³/mol. The van der Waals surface area contributed by atoms with Gasteiger partial charge in [0.1, 0.15) is 6.04 Å². The van der Waals surface area contributed by atoms with E-state index in [9.17, 15) is 18.0 Å². The number of hydrogen-bond donors (Lipinski definition) is 1. The molecule has 1 aliphatic rings. The fraction of sp³-hybridized carbons (Fsp3) is 0.632. The van der Waals surface area contributed by atoms with Crippen LogP contribution in [-0.4, -0.2) is 29.7 Å². The van der Waals surface area contributed by atoms with Gasteiger partial charge in [0.2, 0.25) is 5.91 Å². The van der Waals surface area contributed by atoms with Crippen LogP contribution in [0.3, 0.4) is 0 Å². The smallest absolute Gasteiger partial charge is 0.288 e. The quantitative estimate of drug-likeness (QED) is 0.740. The fourth-order valence-corrected chi connectivity index (χ4v) is 3.11. The molecule has 0 aromatic heterocycles. The lowest BCUT2D eigenvalue weighted by Gasteiger charge is -2.29. The Kier molecular flexibility index (Phi) is 6.14. The molecule has 140 valence electrons. The predicted octanol–water partition coefficient (Wildman–Crippen LogP) is 4.27. The van der Waals surface area contributed by atoms with Crippen molar-refractivity contribution in [1.29, 1.82) is 0 Å². The third kappa shape index (κ3) is 5.21. The third-order valence-corrected chi connectivity index (χ3v) is 4.80. The van der Waals surface area contributed by atoms with Crippen LogP contribution in [0.5, 0.6) is 0 Å². The summed E-state index contributed by atoms with van der Waals surface area (Å²) in [6, 6.07) is 6.60. The molecule has 1 amide bonds. The summed E-state index contributed by atoms with van der Waals surface area (Å²) in [5, 5.41) is 1.07. The van der Waals surface area contributed by atoms with E-state index in [4.69, 9.17) is 0 Å². The number of halogens is 3. The van der Waals surface area contributed by atoms with Gasteiger partial charge in [-0.1, -0.05) is 37.6 Å². The van der Waals surface area contributed by atoms with Crippen LogP contribution in [0, 0.1) is 5.41 Å². The molecule has 1 N–H and O–H groups in total. The molecule has 6 heteroatoms. The summed E-state index contributed by atoms with van der Waals surface area (Å²) in [7, 11) is 0. The van der Waals surface area contributed by atoms with E-state index < -0.39 is 17.6 Å². The number of carbonyl (C=O) groups excluding carboxylic acids is 1. The van der Waals surface area contributed by atoms with Gasteiger partial charge in [-0.3, -0.25) is 10.2 Å². The van der Waals surface area contributed by atoms with Crippen LogP contribution in [0.1, 0.15) is 51.2 Å². The first-order valence-electron chi connectivity index (χ1n) is 8.86. The summed E-state index contributed by atoms with van der Waals surface area (Å²) < 4.78 is 40.2. The molecule has 1 saturated heterocycles. The van der Waals surface area contributed by atoms with Gasteiger partial charge in [-0.15, -0.1) is 0 Å². The summed E-state index contributed by atoms with van der Waals surface area (Å²) in [4.78, 5) is 11.8. The molecule has 3 nitrogen and oxygen atoms in total. The SMILES string of the molecule is CCc1ccc(CCCC[C@H](N2CC(C)(C)C(=O)N2)C(F)(F)F)cc1. The average Bonchev–Trinajstić information content (AvgIpc) is 2.79. The Morgan fingerprint density at radius 2 is 1.76 bits per heavy atom. The molecule has 1 heterocycles. The van der Waals surface area contributed by atoms with Crippen LogP contribution in [0.2, 0.25) is 0 Å². The van der Waals surface area contributed by atoms with Crippen molar-refractivity contribution in [2.75, 3.05) is 6.54 Å². The summed E-state index contributed by atoms with van der Waals surface area (Å²) >= 11 is 0. The third-order valence-electron chi connectivity index (χ3n) is 4.80. The van der Waals surface area contributed by atoms with Crippen LogP contribution in [-0.2, 0) is 17.6 Å². The van der Waals surface area contributed by atoms with Crippen molar-refractivity contribution in [3.8, 4) is 0 Å². The molecule has 25 heavy (non-hydrogen) atoms. The molecule has 1 fully saturated rings. The number of alkyl halides is 3. The lowest BCUT2D eigenvalue weighted by atomic mass is 9.94. The molecule has 0 aliphatic carbocycles. The van der Waals surface area contributed by atoms with Gasteiger partial charge < -0.3 is 0 Å². The van der Waals surface area contributed by atoms with Crippen molar-refractivity contribution >= 4 is 5.91 Å². The van der Waals surface area contributed by atoms with Gasteiger partial charge in [0.25, 0.3) is 0 Å². The van der Waals surface area contributed by atoms with Gasteiger partial charge in [-0.25, -0.2) is 5.01 Å². The summed E-state index contributed by atoms with van der Waals surface area (Å²) in [5.41, 5.74) is 4.02. The maximum absolute atomic E-state index is 13.4. The number of unbranched alkanes of at least 4 members (excludes halogenated alkanes) is 1. The molecular formula is C19H27F3N2O. The van der Waals surface area contributed by atoms with Gasteiger partial charge in [0.05, 0.1) is 5.41 Å². The van der Waals surface area contributed by atoms with E-state index in [2.05, 4.69) is 24.5 Å². The zero-order valence-corrected chi connectivity index (χ0v) is 15.1. The molecule has 2 rings (SSSR count). The molecular weight excluding hydrogens is 329 g/mol. The first kappa shape index (κ1) is 19.8. The summed E-state index contributed by atoms with van der Waals surface area (Å²) in [6.07, 6.45) is -1.45. The minimum absolute atomic E-state index is 0.00704. The van der Waals surface area contributed by atoms with E-state index in [1.165, 1.54) is 5.56 Å². The number of nitrogens with one attached hydrogen (secondary N) is 1. The number of hydrogen-bond acceptors (Lipinski definition) is 2. The average molecular weight is 356 g/mol. The Balaban J connectivity index is 1.87. The fourth-order valence-electron chi connectivity index (χ4n) is 3.11. The van der Waals surface area contributed by atoms with Crippen LogP contribution in [0.25, 0.3) is 0 Å². The Morgan fingerprint density at radius 3 is 2.24 bits per heavy atom. The van der Waals surface area contributed by atoms with E-state index in [0.717, 1.165) is 23.4 Å². The number of rotatable bonds is 7. The Hall–Kier alpha value is -1.56.